The van der Waals surface area contributed by atoms with E-state index in [1.807, 2.05) is 49.3 Å². The van der Waals surface area contributed by atoms with Gasteiger partial charge in [0.2, 0.25) is 12.6 Å². The molecular weight excluding hydrogens is 346 g/mol. The highest BCUT2D eigenvalue weighted by Gasteiger charge is 2.49. The predicted octanol–water partition coefficient (Wildman–Crippen LogP) is 2.92. The molecule has 0 radical (unpaired) electrons. The van der Waals surface area contributed by atoms with E-state index in [9.17, 15) is 9.90 Å². The molecule has 27 heavy (non-hydrogen) atoms. The van der Waals surface area contributed by atoms with Gasteiger partial charge in [0.05, 0.1) is 5.92 Å². The standard InChI is InChI=1S/C21H23NO5/c1-12(23)20-19(13-5-7-14(8-6-13)22(3)4)15-9-17-18(26-11-25-17)10-16(15)27-21(20,2)24/h5-10,19-20,24H,11H2,1-4H3/t19-,20-,21+/m1/s1. The fraction of sp³-hybridized carbons (Fsp3) is 0.381. The van der Waals surface area contributed by atoms with Gasteiger partial charge >= 0.3 is 0 Å². The third-order valence-corrected chi connectivity index (χ3v) is 5.27. The Kier molecular flexibility index (Phi) is 4.03. The van der Waals surface area contributed by atoms with E-state index in [-0.39, 0.29) is 18.5 Å². The Morgan fingerprint density at radius 3 is 2.33 bits per heavy atom. The Labute approximate surface area is 158 Å². The SMILES string of the molecule is CC(=O)[C@@H]1[C@H](c2ccc(N(C)C)cc2)c2cc3c(cc2O[C@]1(C)O)OCO3. The van der Waals surface area contributed by atoms with E-state index in [1.165, 1.54) is 13.8 Å². The smallest absolute Gasteiger partial charge is 0.231 e. The van der Waals surface area contributed by atoms with Crippen molar-refractivity contribution < 1.29 is 24.1 Å². The molecule has 2 aromatic carbocycles. The first kappa shape index (κ1) is 17.7. The number of ketones is 1. The molecule has 0 saturated carbocycles. The molecule has 1 N–H and O–H groups in total. The summed E-state index contributed by atoms with van der Waals surface area (Å²) in [6, 6.07) is 11.6. The molecule has 0 unspecified atom stereocenters. The minimum absolute atomic E-state index is 0.134. The summed E-state index contributed by atoms with van der Waals surface area (Å²) in [5.41, 5.74) is 2.80. The lowest BCUT2D eigenvalue weighted by molar-refractivity contribution is -0.181. The van der Waals surface area contributed by atoms with E-state index in [2.05, 4.69) is 0 Å². The zero-order valence-electron chi connectivity index (χ0n) is 15.9. The van der Waals surface area contributed by atoms with Crippen molar-refractivity contribution in [1.29, 1.82) is 0 Å². The van der Waals surface area contributed by atoms with Crippen LogP contribution in [0, 0.1) is 5.92 Å². The van der Waals surface area contributed by atoms with Crippen LogP contribution >= 0.6 is 0 Å². The number of rotatable bonds is 3. The number of nitrogens with zero attached hydrogens (tertiary/aromatic N) is 1. The number of ether oxygens (including phenoxy) is 3. The predicted molar refractivity (Wildman–Crippen MR) is 101 cm³/mol. The average Bonchev–Trinajstić information content (AvgIpc) is 3.05. The van der Waals surface area contributed by atoms with Gasteiger partial charge in [0.1, 0.15) is 11.5 Å². The van der Waals surface area contributed by atoms with Crippen molar-refractivity contribution in [3.8, 4) is 17.2 Å². The number of hydrogen-bond acceptors (Lipinski definition) is 6. The van der Waals surface area contributed by atoms with E-state index >= 15 is 0 Å². The second kappa shape index (κ2) is 6.16. The van der Waals surface area contributed by atoms with Crippen LogP contribution in [0.1, 0.15) is 30.9 Å². The summed E-state index contributed by atoms with van der Waals surface area (Å²) in [5.74, 6) is -1.16. The molecule has 0 aliphatic carbocycles. The molecule has 0 aromatic heterocycles. The molecule has 6 heteroatoms. The van der Waals surface area contributed by atoms with E-state index in [0.717, 1.165) is 16.8 Å². The summed E-state index contributed by atoms with van der Waals surface area (Å²) in [6.45, 7) is 3.17. The minimum Gasteiger partial charge on any atom is -0.462 e. The van der Waals surface area contributed by atoms with Gasteiger partial charge in [-0.2, -0.15) is 0 Å². The van der Waals surface area contributed by atoms with Crippen molar-refractivity contribution >= 4 is 11.5 Å². The van der Waals surface area contributed by atoms with Crippen molar-refractivity contribution in [2.24, 2.45) is 5.92 Å². The van der Waals surface area contributed by atoms with Gasteiger partial charge in [-0.15, -0.1) is 0 Å². The molecule has 0 spiro atoms. The molecule has 2 aromatic rings. The summed E-state index contributed by atoms with van der Waals surface area (Å²) in [7, 11) is 3.95. The highest BCUT2D eigenvalue weighted by atomic mass is 16.7. The summed E-state index contributed by atoms with van der Waals surface area (Å²) < 4.78 is 16.8. The summed E-state index contributed by atoms with van der Waals surface area (Å²) in [6.07, 6.45) is 0. The first-order valence-corrected chi connectivity index (χ1v) is 8.90. The number of anilines is 1. The van der Waals surface area contributed by atoms with Crippen molar-refractivity contribution in [2.45, 2.75) is 25.6 Å². The fourth-order valence-corrected chi connectivity index (χ4v) is 4.01. The quantitative estimate of drug-likeness (QED) is 0.897. The lowest BCUT2D eigenvalue weighted by atomic mass is 9.72. The van der Waals surface area contributed by atoms with Crippen LogP contribution in [0.5, 0.6) is 17.2 Å². The van der Waals surface area contributed by atoms with Crippen LogP contribution in [0.3, 0.4) is 0 Å². The zero-order valence-corrected chi connectivity index (χ0v) is 15.9. The molecule has 6 nitrogen and oxygen atoms in total. The van der Waals surface area contributed by atoms with Crippen LogP contribution in [0.2, 0.25) is 0 Å². The molecule has 2 heterocycles. The molecule has 0 bridgehead atoms. The summed E-state index contributed by atoms with van der Waals surface area (Å²) >= 11 is 0. The van der Waals surface area contributed by atoms with Gasteiger partial charge in [0, 0.05) is 44.3 Å². The topological polar surface area (TPSA) is 68.2 Å². The van der Waals surface area contributed by atoms with E-state index in [4.69, 9.17) is 14.2 Å². The molecule has 2 aliphatic rings. The molecule has 4 rings (SSSR count). The molecule has 2 aliphatic heterocycles. The molecule has 0 amide bonds. The van der Waals surface area contributed by atoms with Gasteiger partial charge in [-0.05, 0) is 30.7 Å². The number of carbonyl (C=O) groups is 1. The lowest BCUT2D eigenvalue weighted by Crippen LogP contribution is -2.50. The summed E-state index contributed by atoms with van der Waals surface area (Å²) in [4.78, 5) is 14.5. The Morgan fingerprint density at radius 1 is 1.11 bits per heavy atom. The van der Waals surface area contributed by atoms with E-state index in [1.54, 1.807) is 6.07 Å². The van der Waals surface area contributed by atoms with Gasteiger partial charge in [0.15, 0.2) is 11.5 Å². The van der Waals surface area contributed by atoms with Gasteiger partial charge in [0.25, 0.3) is 0 Å². The second-order valence-electron chi connectivity index (χ2n) is 7.45. The second-order valence-corrected chi connectivity index (χ2v) is 7.45. The maximum atomic E-state index is 12.5. The molecule has 3 atom stereocenters. The number of benzene rings is 2. The van der Waals surface area contributed by atoms with Crippen molar-refractivity contribution in [1.82, 2.24) is 0 Å². The maximum Gasteiger partial charge on any atom is 0.231 e. The van der Waals surface area contributed by atoms with Crippen molar-refractivity contribution in [3.05, 3.63) is 47.5 Å². The van der Waals surface area contributed by atoms with Crippen LogP contribution in [-0.2, 0) is 4.79 Å². The zero-order chi connectivity index (χ0) is 19.3. The van der Waals surface area contributed by atoms with E-state index < -0.39 is 11.7 Å². The molecule has 142 valence electrons. The molecule has 0 saturated heterocycles. The van der Waals surface area contributed by atoms with Crippen LogP contribution in [0.25, 0.3) is 0 Å². The Balaban J connectivity index is 1.89. The van der Waals surface area contributed by atoms with E-state index in [0.29, 0.717) is 17.2 Å². The lowest BCUT2D eigenvalue weighted by Gasteiger charge is -2.42. The average molecular weight is 369 g/mol. The van der Waals surface area contributed by atoms with Crippen molar-refractivity contribution in [3.63, 3.8) is 0 Å². The van der Waals surface area contributed by atoms with Crippen LogP contribution in [-0.4, -0.2) is 37.6 Å². The van der Waals surface area contributed by atoms with Gasteiger partial charge in [-0.1, -0.05) is 12.1 Å². The molecule has 0 fully saturated rings. The van der Waals surface area contributed by atoms with Gasteiger partial charge in [-0.25, -0.2) is 0 Å². The minimum atomic E-state index is -1.63. The maximum absolute atomic E-state index is 12.5. The third kappa shape index (κ3) is 2.90. The third-order valence-electron chi connectivity index (χ3n) is 5.27. The number of aliphatic hydroxyl groups is 1. The Bertz CT molecular complexity index is 888. The number of hydrogen-bond donors (Lipinski definition) is 1. The number of Topliss-reactive ketones (excluding diaryl/α,β-unsaturated/α-hetero) is 1. The normalized spacial score (nSPS) is 25.5. The van der Waals surface area contributed by atoms with Gasteiger partial charge in [-0.3, -0.25) is 4.79 Å². The summed E-state index contributed by atoms with van der Waals surface area (Å²) in [5, 5.41) is 11.0. The van der Waals surface area contributed by atoms with Crippen LogP contribution in [0.4, 0.5) is 5.69 Å². The molecular formula is C21H23NO5. The monoisotopic (exact) mass is 369 g/mol. The Morgan fingerprint density at radius 2 is 1.74 bits per heavy atom. The van der Waals surface area contributed by atoms with Crippen molar-refractivity contribution in [2.75, 3.05) is 25.8 Å². The number of fused-ring (bicyclic) bond motifs is 2. The van der Waals surface area contributed by atoms with Crippen LogP contribution < -0.4 is 19.1 Å². The fourth-order valence-electron chi connectivity index (χ4n) is 4.01. The first-order chi connectivity index (χ1) is 12.8. The largest absolute Gasteiger partial charge is 0.462 e. The highest BCUT2D eigenvalue weighted by Crippen LogP contribution is 2.51. The highest BCUT2D eigenvalue weighted by molar-refractivity contribution is 5.82. The first-order valence-electron chi connectivity index (χ1n) is 8.90. The Hall–Kier alpha value is -2.73. The van der Waals surface area contributed by atoms with Crippen LogP contribution in [0.15, 0.2) is 36.4 Å². The number of carbonyl (C=O) groups excluding carboxylic acids is 1. The van der Waals surface area contributed by atoms with Gasteiger partial charge < -0.3 is 24.2 Å².